The van der Waals surface area contributed by atoms with Crippen LogP contribution in [0.5, 0.6) is 0 Å². The summed E-state index contributed by atoms with van der Waals surface area (Å²) in [6, 6.07) is 1.56. The largest absolute Gasteiger partial charge is 0.415 e. The molecule has 0 fully saturated rings. The van der Waals surface area contributed by atoms with Gasteiger partial charge in [0.2, 0.25) is 0 Å². The summed E-state index contributed by atoms with van der Waals surface area (Å²) in [7, 11) is -3.48. The van der Waals surface area contributed by atoms with E-state index in [1.807, 2.05) is 0 Å². The zero-order chi connectivity index (χ0) is 18.3. The van der Waals surface area contributed by atoms with Gasteiger partial charge in [-0.1, -0.05) is 13.8 Å². The molecule has 0 bridgehead atoms. The maximum atomic E-state index is 10.1. The van der Waals surface area contributed by atoms with Crippen molar-refractivity contribution in [1.82, 2.24) is 0 Å². The molecular formula is C15H36O6Si2. The van der Waals surface area contributed by atoms with Gasteiger partial charge >= 0.3 is 17.1 Å². The lowest BCUT2D eigenvalue weighted by atomic mass is 10.0. The summed E-state index contributed by atoms with van der Waals surface area (Å²) in [5.74, 6) is 0.426. The molecule has 0 saturated carbocycles. The highest BCUT2D eigenvalue weighted by atomic mass is 28.5. The summed E-state index contributed by atoms with van der Waals surface area (Å²) in [6.45, 7) is 11.4. The van der Waals surface area contributed by atoms with Crippen LogP contribution in [0.25, 0.3) is 0 Å². The Morgan fingerprint density at radius 3 is 2.13 bits per heavy atom. The lowest BCUT2D eigenvalue weighted by Crippen LogP contribution is -2.51. The molecule has 0 radical (unpaired) electrons. The van der Waals surface area contributed by atoms with Crippen LogP contribution in [0, 0.1) is 5.92 Å². The predicted octanol–water partition coefficient (Wildman–Crippen LogP) is 1.98. The van der Waals surface area contributed by atoms with Crippen LogP contribution in [0.1, 0.15) is 34.1 Å². The Bertz CT molecular complexity index is 330. The van der Waals surface area contributed by atoms with Gasteiger partial charge < -0.3 is 28.3 Å². The van der Waals surface area contributed by atoms with Crippen molar-refractivity contribution in [3.05, 3.63) is 0 Å². The summed E-state index contributed by atoms with van der Waals surface area (Å²) >= 11 is 0. The van der Waals surface area contributed by atoms with E-state index in [0.29, 0.717) is 12.5 Å². The van der Waals surface area contributed by atoms with Gasteiger partial charge in [0.1, 0.15) is 5.60 Å². The maximum absolute atomic E-state index is 10.1. The molecule has 3 atom stereocenters. The second-order valence-corrected chi connectivity index (χ2v) is 14.3. The minimum Gasteiger partial charge on any atom is -0.415 e. The SMILES string of the molecule is CO[Si](CCCOCC(C)(O)C(C)O)(CC(C)C)O[Si](C)(C)O. The molecule has 3 N–H and O–H groups in total. The average molecular weight is 369 g/mol. The van der Waals surface area contributed by atoms with E-state index < -0.39 is 28.8 Å². The van der Waals surface area contributed by atoms with Gasteiger partial charge in [0.15, 0.2) is 0 Å². The number of ether oxygens (including phenoxy) is 1. The van der Waals surface area contributed by atoms with Gasteiger partial charge in [0.25, 0.3) is 0 Å². The van der Waals surface area contributed by atoms with Crippen LogP contribution < -0.4 is 0 Å². The van der Waals surface area contributed by atoms with Crippen molar-refractivity contribution in [2.45, 2.75) is 71.0 Å². The van der Waals surface area contributed by atoms with Crippen molar-refractivity contribution in [2.24, 2.45) is 5.92 Å². The second-order valence-electron chi connectivity index (χ2n) is 7.45. The van der Waals surface area contributed by atoms with Gasteiger partial charge in [-0.25, -0.2) is 0 Å². The van der Waals surface area contributed by atoms with E-state index in [0.717, 1.165) is 18.5 Å². The molecule has 0 aromatic rings. The van der Waals surface area contributed by atoms with Crippen molar-refractivity contribution in [2.75, 3.05) is 20.3 Å². The number of hydrogen-bond donors (Lipinski definition) is 3. The van der Waals surface area contributed by atoms with Crippen molar-refractivity contribution < 1.29 is 28.3 Å². The highest BCUT2D eigenvalue weighted by Gasteiger charge is 2.42. The highest BCUT2D eigenvalue weighted by molar-refractivity contribution is 6.79. The standard InChI is InChI=1S/C15H36O6Si2/c1-13(2)11-23(19-5,21-22(6,7)18)10-8-9-20-12-15(4,17)14(3)16/h13-14,16-18H,8-12H2,1-7H3. The zero-order valence-electron chi connectivity index (χ0n) is 15.8. The molecule has 0 aliphatic carbocycles. The minimum absolute atomic E-state index is 0.0808. The molecule has 0 aliphatic rings. The molecule has 0 amide bonds. The lowest BCUT2D eigenvalue weighted by Gasteiger charge is -2.35. The first-order valence-electron chi connectivity index (χ1n) is 8.29. The molecule has 140 valence electrons. The molecule has 6 nitrogen and oxygen atoms in total. The molecular weight excluding hydrogens is 332 g/mol. The Hall–Kier alpha value is 0.194. The summed E-state index contributed by atoms with van der Waals surface area (Å²) in [6.07, 6.45) is -0.118. The first-order chi connectivity index (χ1) is 10.3. The quantitative estimate of drug-likeness (QED) is 0.361. The van der Waals surface area contributed by atoms with Gasteiger partial charge in [0, 0.05) is 13.7 Å². The van der Waals surface area contributed by atoms with Gasteiger partial charge in [-0.2, -0.15) is 0 Å². The Labute approximate surface area is 143 Å². The van der Waals surface area contributed by atoms with E-state index >= 15 is 0 Å². The van der Waals surface area contributed by atoms with Gasteiger partial charge in [-0.15, -0.1) is 0 Å². The van der Waals surface area contributed by atoms with Crippen molar-refractivity contribution in [3.8, 4) is 0 Å². The average Bonchev–Trinajstić information content (AvgIpc) is 2.35. The first kappa shape index (κ1) is 23.2. The molecule has 8 heteroatoms. The van der Waals surface area contributed by atoms with Crippen LogP contribution in [0.2, 0.25) is 25.2 Å². The fourth-order valence-corrected chi connectivity index (χ4v) is 9.56. The van der Waals surface area contributed by atoms with Crippen LogP contribution >= 0.6 is 0 Å². The van der Waals surface area contributed by atoms with E-state index in [4.69, 9.17) is 13.3 Å². The molecule has 0 aromatic heterocycles. The van der Waals surface area contributed by atoms with Crippen LogP contribution in [-0.2, 0) is 13.3 Å². The van der Waals surface area contributed by atoms with Gasteiger partial charge in [-0.05, 0) is 51.4 Å². The Morgan fingerprint density at radius 1 is 1.17 bits per heavy atom. The van der Waals surface area contributed by atoms with Crippen molar-refractivity contribution in [1.29, 1.82) is 0 Å². The molecule has 0 saturated heterocycles. The molecule has 23 heavy (non-hydrogen) atoms. The molecule has 3 unspecified atom stereocenters. The smallest absolute Gasteiger partial charge is 0.329 e. The number of aliphatic hydroxyl groups excluding tert-OH is 1. The predicted molar refractivity (Wildman–Crippen MR) is 95.7 cm³/mol. The van der Waals surface area contributed by atoms with E-state index in [-0.39, 0.29) is 6.61 Å². The van der Waals surface area contributed by atoms with Crippen LogP contribution in [0.3, 0.4) is 0 Å². The molecule has 0 spiro atoms. The third-order valence-electron chi connectivity index (χ3n) is 3.67. The minimum atomic E-state index is -2.67. The third-order valence-corrected chi connectivity index (χ3v) is 10.5. The molecule has 0 rings (SSSR count). The van der Waals surface area contributed by atoms with E-state index in [9.17, 15) is 15.0 Å². The first-order valence-corrected chi connectivity index (χ1v) is 13.4. The van der Waals surface area contributed by atoms with Crippen LogP contribution in [0.15, 0.2) is 0 Å². The number of hydrogen-bond acceptors (Lipinski definition) is 6. The lowest BCUT2D eigenvalue weighted by molar-refractivity contribution is -0.102. The fraction of sp³-hybridized carbons (Fsp3) is 1.00. The summed E-state index contributed by atoms with van der Waals surface area (Å²) in [5, 5.41) is 19.4. The van der Waals surface area contributed by atoms with Crippen LogP contribution in [0.4, 0.5) is 0 Å². The number of rotatable bonds is 12. The topological polar surface area (TPSA) is 88.4 Å². The summed E-state index contributed by atoms with van der Waals surface area (Å²) in [4.78, 5) is 10.1. The van der Waals surface area contributed by atoms with Gasteiger partial charge in [0.05, 0.1) is 12.7 Å². The molecule has 0 aromatic carbocycles. The molecule has 0 heterocycles. The molecule has 0 aliphatic heterocycles. The zero-order valence-corrected chi connectivity index (χ0v) is 17.8. The number of aliphatic hydroxyl groups is 2. The Balaban J connectivity index is 4.51. The van der Waals surface area contributed by atoms with Crippen molar-refractivity contribution in [3.63, 3.8) is 0 Å². The fourth-order valence-electron chi connectivity index (χ4n) is 2.34. The summed E-state index contributed by atoms with van der Waals surface area (Å²) < 4.78 is 17.3. The van der Waals surface area contributed by atoms with E-state index in [1.54, 1.807) is 27.1 Å². The third kappa shape index (κ3) is 9.93. The maximum Gasteiger partial charge on any atom is 0.329 e. The van der Waals surface area contributed by atoms with Crippen LogP contribution in [-0.4, -0.2) is 64.2 Å². The Morgan fingerprint density at radius 2 is 1.74 bits per heavy atom. The second kappa shape index (κ2) is 9.62. The Kier molecular flexibility index (Phi) is 9.70. The normalized spacial score (nSPS) is 19.4. The van der Waals surface area contributed by atoms with E-state index in [2.05, 4.69) is 13.8 Å². The summed E-state index contributed by atoms with van der Waals surface area (Å²) in [5.41, 5.74) is -1.25. The van der Waals surface area contributed by atoms with Crippen molar-refractivity contribution >= 4 is 17.1 Å². The van der Waals surface area contributed by atoms with E-state index in [1.165, 1.54) is 6.92 Å². The highest BCUT2D eigenvalue weighted by Crippen LogP contribution is 2.27. The monoisotopic (exact) mass is 368 g/mol. The van der Waals surface area contributed by atoms with Gasteiger partial charge in [-0.3, -0.25) is 0 Å².